The number of rotatable bonds is 4. The van der Waals surface area contributed by atoms with Crippen LogP contribution in [0.15, 0.2) is 28.7 Å². The van der Waals surface area contributed by atoms with Crippen molar-refractivity contribution in [3.63, 3.8) is 0 Å². The maximum atomic E-state index is 9.10. The van der Waals surface area contributed by atoms with Gasteiger partial charge in [-0.05, 0) is 48.7 Å². The maximum Gasteiger partial charge on any atom is 0.414 e. The molecule has 0 saturated carbocycles. The largest absolute Gasteiger partial charge is 0.493 e. The molecule has 0 aliphatic carbocycles. The number of carboxylic acid groups (broad SMARTS) is 2. The van der Waals surface area contributed by atoms with Gasteiger partial charge in [-0.1, -0.05) is 0 Å². The zero-order valence-corrected chi connectivity index (χ0v) is 15.5. The van der Waals surface area contributed by atoms with Gasteiger partial charge in [-0.2, -0.15) is 0 Å². The number of aliphatic carboxylic acids is 2. The maximum absolute atomic E-state index is 9.10. The van der Waals surface area contributed by atoms with Crippen molar-refractivity contribution >= 4 is 11.9 Å². The third-order valence-electron chi connectivity index (χ3n) is 4.16. The fourth-order valence-electron chi connectivity index (χ4n) is 2.87. The van der Waals surface area contributed by atoms with Crippen LogP contribution in [0.3, 0.4) is 0 Å². The van der Waals surface area contributed by atoms with E-state index in [1.807, 2.05) is 13.0 Å². The number of furan rings is 1. The topological polar surface area (TPSA) is 109 Å². The lowest BCUT2D eigenvalue weighted by Gasteiger charge is -2.28. The fourth-order valence-corrected chi connectivity index (χ4v) is 2.87. The number of ether oxygens (including phenoxy) is 2. The van der Waals surface area contributed by atoms with E-state index in [-0.39, 0.29) is 0 Å². The molecule has 2 heterocycles. The van der Waals surface area contributed by atoms with Gasteiger partial charge in [0.1, 0.15) is 11.5 Å². The van der Waals surface area contributed by atoms with Crippen molar-refractivity contribution in [2.75, 3.05) is 20.8 Å². The van der Waals surface area contributed by atoms with Crippen molar-refractivity contribution < 1.29 is 33.7 Å². The van der Waals surface area contributed by atoms with Crippen LogP contribution in [0, 0.1) is 6.92 Å². The second-order valence-electron chi connectivity index (χ2n) is 6.06. The minimum Gasteiger partial charge on any atom is -0.493 e. The van der Waals surface area contributed by atoms with Gasteiger partial charge in [-0.25, -0.2) is 9.59 Å². The fraction of sp³-hybridized carbons (Fsp3) is 0.368. The Morgan fingerprint density at radius 2 is 1.67 bits per heavy atom. The summed E-state index contributed by atoms with van der Waals surface area (Å²) < 4.78 is 16.4. The molecule has 2 aromatic rings. The first-order valence-electron chi connectivity index (χ1n) is 8.31. The summed E-state index contributed by atoms with van der Waals surface area (Å²) >= 11 is 0. The standard InChI is InChI=1S/C17H21NO3.C2H2O4/c1-12-4-5-15(21-12)11-18-7-6-13-8-16(19-2)17(20-3)9-14(13)10-18;3-1(4)2(5)6/h4-5,8-9H,6-7,10-11H2,1-3H3;(H,3,4)(H,5,6). The van der Waals surface area contributed by atoms with Gasteiger partial charge in [-0.3, -0.25) is 4.90 Å². The second-order valence-corrected chi connectivity index (χ2v) is 6.06. The summed E-state index contributed by atoms with van der Waals surface area (Å²) in [5.74, 6) is -0.0476. The lowest BCUT2D eigenvalue weighted by Crippen LogP contribution is -2.30. The van der Waals surface area contributed by atoms with Gasteiger partial charge in [0.25, 0.3) is 0 Å². The summed E-state index contributed by atoms with van der Waals surface area (Å²) in [6, 6.07) is 8.26. The van der Waals surface area contributed by atoms with Crippen LogP contribution < -0.4 is 9.47 Å². The Morgan fingerprint density at radius 3 is 2.15 bits per heavy atom. The molecule has 3 rings (SSSR count). The van der Waals surface area contributed by atoms with Gasteiger partial charge in [0, 0.05) is 13.1 Å². The lowest BCUT2D eigenvalue weighted by molar-refractivity contribution is -0.159. The Kier molecular flexibility index (Phi) is 6.84. The number of aryl methyl sites for hydroxylation is 1. The van der Waals surface area contributed by atoms with E-state index in [1.165, 1.54) is 11.1 Å². The van der Waals surface area contributed by atoms with Gasteiger partial charge < -0.3 is 24.1 Å². The number of nitrogens with zero attached hydrogens (tertiary/aromatic N) is 1. The highest BCUT2D eigenvalue weighted by molar-refractivity contribution is 6.27. The molecule has 1 aliphatic rings. The monoisotopic (exact) mass is 377 g/mol. The number of hydrogen-bond donors (Lipinski definition) is 2. The van der Waals surface area contributed by atoms with E-state index in [9.17, 15) is 0 Å². The number of carboxylic acids is 2. The van der Waals surface area contributed by atoms with Crippen LogP contribution in [0.4, 0.5) is 0 Å². The van der Waals surface area contributed by atoms with Crippen LogP contribution in [-0.4, -0.2) is 47.8 Å². The van der Waals surface area contributed by atoms with Gasteiger partial charge >= 0.3 is 11.9 Å². The molecule has 0 atom stereocenters. The van der Waals surface area contributed by atoms with Crippen LogP contribution in [0.1, 0.15) is 22.6 Å². The normalized spacial score (nSPS) is 13.1. The molecule has 27 heavy (non-hydrogen) atoms. The molecule has 0 unspecified atom stereocenters. The van der Waals surface area contributed by atoms with Gasteiger partial charge in [0.15, 0.2) is 11.5 Å². The molecule has 0 spiro atoms. The van der Waals surface area contributed by atoms with Crippen LogP contribution in [0.5, 0.6) is 11.5 Å². The van der Waals surface area contributed by atoms with E-state index in [0.717, 1.165) is 49.1 Å². The SMILES string of the molecule is COc1cc2c(cc1OC)CN(Cc1ccc(C)o1)CC2.O=C(O)C(=O)O. The number of fused-ring (bicyclic) bond motifs is 1. The molecule has 8 heteroatoms. The zero-order chi connectivity index (χ0) is 20.0. The van der Waals surface area contributed by atoms with Gasteiger partial charge in [0.2, 0.25) is 0 Å². The second kappa shape index (κ2) is 9.09. The Balaban J connectivity index is 0.000000380. The number of benzene rings is 1. The van der Waals surface area contributed by atoms with E-state index < -0.39 is 11.9 Å². The Bertz CT molecular complexity index is 800. The molecule has 1 aliphatic heterocycles. The molecule has 0 fully saturated rings. The van der Waals surface area contributed by atoms with E-state index in [0.29, 0.717) is 0 Å². The predicted octanol–water partition coefficient (Wildman–Crippen LogP) is 2.32. The molecule has 1 aromatic heterocycles. The molecule has 146 valence electrons. The molecule has 0 amide bonds. The van der Waals surface area contributed by atoms with Crippen LogP contribution in [-0.2, 0) is 29.1 Å². The molecule has 8 nitrogen and oxygen atoms in total. The molecular weight excluding hydrogens is 354 g/mol. The minimum atomic E-state index is -1.82. The van der Waals surface area contributed by atoms with E-state index in [2.05, 4.69) is 23.1 Å². The van der Waals surface area contributed by atoms with Crippen LogP contribution >= 0.6 is 0 Å². The predicted molar refractivity (Wildman–Crippen MR) is 96.1 cm³/mol. The minimum absolute atomic E-state index is 0.798. The van der Waals surface area contributed by atoms with Crippen LogP contribution in [0.25, 0.3) is 0 Å². The highest BCUT2D eigenvalue weighted by Crippen LogP contribution is 2.33. The summed E-state index contributed by atoms with van der Waals surface area (Å²) in [5, 5.41) is 14.8. The number of hydrogen-bond acceptors (Lipinski definition) is 6. The summed E-state index contributed by atoms with van der Waals surface area (Å²) in [7, 11) is 3.36. The van der Waals surface area contributed by atoms with Crippen molar-refractivity contribution in [2.45, 2.75) is 26.4 Å². The van der Waals surface area contributed by atoms with Crippen molar-refractivity contribution in [3.8, 4) is 11.5 Å². The molecule has 1 aromatic carbocycles. The highest BCUT2D eigenvalue weighted by Gasteiger charge is 2.20. The molecular formula is C19H23NO7. The van der Waals surface area contributed by atoms with Gasteiger partial charge in [-0.15, -0.1) is 0 Å². The quantitative estimate of drug-likeness (QED) is 0.781. The highest BCUT2D eigenvalue weighted by atomic mass is 16.5. The lowest BCUT2D eigenvalue weighted by atomic mass is 9.98. The van der Waals surface area contributed by atoms with Crippen molar-refractivity contribution in [1.82, 2.24) is 4.90 Å². The summed E-state index contributed by atoms with van der Waals surface area (Å²) in [4.78, 5) is 20.6. The summed E-state index contributed by atoms with van der Waals surface area (Å²) in [6.45, 7) is 4.77. The average Bonchev–Trinajstić information content (AvgIpc) is 3.05. The van der Waals surface area contributed by atoms with Crippen LogP contribution in [0.2, 0.25) is 0 Å². The zero-order valence-electron chi connectivity index (χ0n) is 15.5. The summed E-state index contributed by atoms with van der Waals surface area (Å²) in [6.07, 6.45) is 1.02. The van der Waals surface area contributed by atoms with E-state index in [1.54, 1.807) is 14.2 Å². The smallest absolute Gasteiger partial charge is 0.414 e. The Hall–Kier alpha value is -3.00. The Morgan fingerprint density at radius 1 is 1.07 bits per heavy atom. The van der Waals surface area contributed by atoms with Gasteiger partial charge in [0.05, 0.1) is 20.8 Å². The van der Waals surface area contributed by atoms with Crippen molar-refractivity contribution in [2.24, 2.45) is 0 Å². The first kappa shape index (κ1) is 20.3. The third-order valence-corrected chi connectivity index (χ3v) is 4.16. The first-order valence-corrected chi connectivity index (χ1v) is 8.31. The average molecular weight is 377 g/mol. The molecule has 0 radical (unpaired) electrons. The Labute approximate surface area is 156 Å². The number of carbonyl (C=O) groups is 2. The summed E-state index contributed by atoms with van der Waals surface area (Å²) in [5.41, 5.74) is 2.65. The third kappa shape index (κ3) is 5.49. The van der Waals surface area contributed by atoms with E-state index >= 15 is 0 Å². The number of methoxy groups -OCH3 is 2. The first-order chi connectivity index (χ1) is 12.8. The van der Waals surface area contributed by atoms with Crippen molar-refractivity contribution in [3.05, 3.63) is 46.9 Å². The van der Waals surface area contributed by atoms with Crippen molar-refractivity contribution in [1.29, 1.82) is 0 Å². The molecule has 2 N–H and O–H groups in total. The van der Waals surface area contributed by atoms with E-state index in [4.69, 9.17) is 33.7 Å². The molecule has 0 bridgehead atoms. The molecule has 0 saturated heterocycles.